The standard InChI is InChI=1S/C12H14BrFN4O2S/c1-12(2,3)18-10(16-17-11(18)21(15,19)20)8-6-7(14)4-5-9(8)13/h4-6H,1-3H3,(H2,15,19,20). The summed E-state index contributed by atoms with van der Waals surface area (Å²) in [6, 6.07) is 4.05. The van der Waals surface area contributed by atoms with Gasteiger partial charge in [-0.1, -0.05) is 15.9 Å². The molecule has 2 rings (SSSR count). The third kappa shape index (κ3) is 3.14. The maximum absolute atomic E-state index is 13.5. The van der Waals surface area contributed by atoms with Crippen LogP contribution in [0, 0.1) is 5.82 Å². The van der Waals surface area contributed by atoms with Gasteiger partial charge in [0.05, 0.1) is 0 Å². The van der Waals surface area contributed by atoms with Crippen LogP contribution in [0.5, 0.6) is 0 Å². The molecular formula is C12H14BrFN4O2S. The zero-order chi connectivity index (χ0) is 16.0. The Morgan fingerprint density at radius 1 is 1.29 bits per heavy atom. The number of benzene rings is 1. The highest BCUT2D eigenvalue weighted by molar-refractivity contribution is 9.10. The van der Waals surface area contributed by atoms with E-state index in [2.05, 4.69) is 26.1 Å². The molecule has 1 aromatic heterocycles. The van der Waals surface area contributed by atoms with E-state index in [0.29, 0.717) is 10.0 Å². The van der Waals surface area contributed by atoms with E-state index in [1.165, 1.54) is 22.8 Å². The number of nitrogens with zero attached hydrogens (tertiary/aromatic N) is 3. The van der Waals surface area contributed by atoms with Gasteiger partial charge in [0.1, 0.15) is 5.82 Å². The largest absolute Gasteiger partial charge is 0.291 e. The van der Waals surface area contributed by atoms with Crippen LogP contribution in [-0.2, 0) is 15.6 Å². The topological polar surface area (TPSA) is 90.9 Å². The maximum atomic E-state index is 13.5. The molecule has 2 N–H and O–H groups in total. The molecular weight excluding hydrogens is 363 g/mol. The molecule has 114 valence electrons. The van der Waals surface area contributed by atoms with Gasteiger partial charge in [-0.2, -0.15) is 0 Å². The van der Waals surface area contributed by atoms with Gasteiger partial charge in [0.15, 0.2) is 5.82 Å². The zero-order valence-electron chi connectivity index (χ0n) is 11.6. The summed E-state index contributed by atoms with van der Waals surface area (Å²) < 4.78 is 38.8. The molecule has 0 aliphatic rings. The Kier molecular flexibility index (Phi) is 3.94. The molecule has 1 heterocycles. The lowest BCUT2D eigenvalue weighted by molar-refractivity contribution is 0.366. The Labute approximate surface area is 130 Å². The van der Waals surface area contributed by atoms with Crippen molar-refractivity contribution in [3.05, 3.63) is 28.5 Å². The molecule has 0 atom stereocenters. The van der Waals surface area contributed by atoms with Gasteiger partial charge in [-0.05, 0) is 39.0 Å². The number of aromatic nitrogens is 3. The summed E-state index contributed by atoms with van der Waals surface area (Å²) in [7, 11) is -4.05. The molecule has 0 unspecified atom stereocenters. The van der Waals surface area contributed by atoms with E-state index in [1.807, 2.05) is 0 Å². The smallest absolute Gasteiger partial charge is 0.273 e. The molecule has 0 aliphatic carbocycles. The fourth-order valence-electron chi connectivity index (χ4n) is 1.90. The summed E-state index contributed by atoms with van der Waals surface area (Å²) in [6.07, 6.45) is 0. The fraction of sp³-hybridized carbons (Fsp3) is 0.333. The van der Waals surface area contributed by atoms with Gasteiger partial charge in [0, 0.05) is 15.6 Å². The van der Waals surface area contributed by atoms with E-state index >= 15 is 0 Å². The summed E-state index contributed by atoms with van der Waals surface area (Å²) in [5.74, 6) is -0.244. The van der Waals surface area contributed by atoms with Gasteiger partial charge in [0.2, 0.25) is 0 Å². The van der Waals surface area contributed by atoms with Crippen molar-refractivity contribution in [3.63, 3.8) is 0 Å². The number of halogens is 2. The first-order chi connectivity index (χ1) is 9.51. The number of rotatable bonds is 2. The first-order valence-corrected chi connectivity index (χ1v) is 8.30. The molecule has 1 aromatic carbocycles. The molecule has 0 aliphatic heterocycles. The summed E-state index contributed by atoms with van der Waals surface area (Å²) in [5, 5.41) is 12.4. The molecule has 0 fully saturated rings. The van der Waals surface area contributed by atoms with E-state index < -0.39 is 21.4 Å². The Morgan fingerprint density at radius 3 is 2.43 bits per heavy atom. The fourth-order valence-corrected chi connectivity index (χ4v) is 3.10. The number of primary sulfonamides is 1. The molecule has 21 heavy (non-hydrogen) atoms. The van der Waals surface area contributed by atoms with Gasteiger partial charge in [-0.25, -0.2) is 17.9 Å². The molecule has 0 saturated carbocycles. The van der Waals surface area contributed by atoms with E-state index in [0.717, 1.165) is 0 Å². The van der Waals surface area contributed by atoms with Crippen LogP contribution in [0.15, 0.2) is 27.8 Å². The minimum atomic E-state index is -4.05. The van der Waals surface area contributed by atoms with E-state index in [-0.39, 0.29) is 11.0 Å². The third-order valence-corrected chi connectivity index (χ3v) is 4.19. The minimum Gasteiger partial charge on any atom is -0.291 e. The first-order valence-electron chi connectivity index (χ1n) is 5.96. The van der Waals surface area contributed by atoms with Crippen LogP contribution in [0.2, 0.25) is 0 Å². The van der Waals surface area contributed by atoms with Crippen LogP contribution in [0.25, 0.3) is 11.4 Å². The second kappa shape index (κ2) is 5.15. The minimum absolute atomic E-state index is 0.220. The number of nitrogens with two attached hydrogens (primary N) is 1. The Morgan fingerprint density at radius 2 is 1.90 bits per heavy atom. The number of hydrogen-bond donors (Lipinski definition) is 1. The Bertz CT molecular complexity index is 796. The van der Waals surface area contributed by atoms with Crippen molar-refractivity contribution in [2.45, 2.75) is 31.5 Å². The quantitative estimate of drug-likeness (QED) is 0.869. The lowest BCUT2D eigenvalue weighted by atomic mass is 10.1. The molecule has 6 nitrogen and oxygen atoms in total. The zero-order valence-corrected chi connectivity index (χ0v) is 14.0. The highest BCUT2D eigenvalue weighted by Crippen LogP contribution is 2.32. The van der Waals surface area contributed by atoms with E-state index in [4.69, 9.17) is 5.14 Å². The van der Waals surface area contributed by atoms with Crippen molar-refractivity contribution < 1.29 is 12.8 Å². The predicted octanol–water partition coefficient (Wildman–Crippen LogP) is 2.25. The monoisotopic (exact) mass is 376 g/mol. The molecule has 0 bridgehead atoms. The lowest BCUT2D eigenvalue weighted by Gasteiger charge is -2.24. The normalized spacial score (nSPS) is 12.7. The lowest BCUT2D eigenvalue weighted by Crippen LogP contribution is -2.29. The van der Waals surface area contributed by atoms with Crippen molar-refractivity contribution in [1.29, 1.82) is 0 Å². The molecule has 2 aromatic rings. The number of sulfonamides is 1. The van der Waals surface area contributed by atoms with Crippen LogP contribution in [-0.4, -0.2) is 23.2 Å². The van der Waals surface area contributed by atoms with Crippen LogP contribution < -0.4 is 5.14 Å². The SMILES string of the molecule is CC(C)(C)n1c(-c2cc(F)ccc2Br)nnc1S(N)(=O)=O. The number of hydrogen-bond acceptors (Lipinski definition) is 4. The van der Waals surface area contributed by atoms with E-state index in [1.54, 1.807) is 20.8 Å². The molecule has 0 amide bonds. The van der Waals surface area contributed by atoms with Crippen molar-refractivity contribution in [3.8, 4) is 11.4 Å². The van der Waals surface area contributed by atoms with Crippen LogP contribution >= 0.6 is 15.9 Å². The average molecular weight is 377 g/mol. The Hall–Kier alpha value is -1.32. The Balaban J connectivity index is 2.83. The van der Waals surface area contributed by atoms with Gasteiger partial charge in [-0.3, -0.25) is 4.57 Å². The highest BCUT2D eigenvalue weighted by atomic mass is 79.9. The summed E-state index contributed by atoms with van der Waals surface area (Å²) in [6.45, 7) is 5.34. The summed E-state index contributed by atoms with van der Waals surface area (Å²) in [4.78, 5) is 0. The van der Waals surface area contributed by atoms with Crippen molar-refractivity contribution >= 4 is 26.0 Å². The first kappa shape index (κ1) is 16.1. The van der Waals surface area contributed by atoms with Crippen LogP contribution in [0.4, 0.5) is 4.39 Å². The molecule has 9 heteroatoms. The van der Waals surface area contributed by atoms with Crippen molar-refractivity contribution in [2.24, 2.45) is 5.14 Å². The van der Waals surface area contributed by atoms with Gasteiger partial charge >= 0.3 is 0 Å². The highest BCUT2D eigenvalue weighted by Gasteiger charge is 2.30. The van der Waals surface area contributed by atoms with E-state index in [9.17, 15) is 12.8 Å². The summed E-state index contributed by atoms with van der Waals surface area (Å²) >= 11 is 3.30. The van der Waals surface area contributed by atoms with Crippen LogP contribution in [0.3, 0.4) is 0 Å². The van der Waals surface area contributed by atoms with Crippen LogP contribution in [0.1, 0.15) is 20.8 Å². The predicted molar refractivity (Wildman–Crippen MR) is 79.5 cm³/mol. The molecule has 0 saturated heterocycles. The molecule has 0 radical (unpaired) electrons. The third-order valence-electron chi connectivity index (χ3n) is 2.73. The second-order valence-electron chi connectivity index (χ2n) is 5.48. The maximum Gasteiger partial charge on any atom is 0.273 e. The average Bonchev–Trinajstić information content (AvgIpc) is 2.76. The second-order valence-corrected chi connectivity index (χ2v) is 7.79. The van der Waals surface area contributed by atoms with Gasteiger partial charge < -0.3 is 0 Å². The molecule has 0 spiro atoms. The summed E-state index contributed by atoms with van der Waals surface area (Å²) in [5.41, 5.74) is -0.265. The van der Waals surface area contributed by atoms with Crippen molar-refractivity contribution in [1.82, 2.24) is 14.8 Å². The van der Waals surface area contributed by atoms with Crippen molar-refractivity contribution in [2.75, 3.05) is 0 Å². The van der Waals surface area contributed by atoms with Gasteiger partial charge in [-0.15, -0.1) is 10.2 Å². The van der Waals surface area contributed by atoms with Gasteiger partial charge in [0.25, 0.3) is 15.2 Å².